The summed E-state index contributed by atoms with van der Waals surface area (Å²) in [5.74, 6) is 1.60. The van der Waals surface area contributed by atoms with Gasteiger partial charge in [-0.1, -0.05) is 48.5 Å². The van der Waals surface area contributed by atoms with Gasteiger partial charge in [0.05, 0.1) is 0 Å². The Balaban J connectivity index is 1.47. The molecular formula is C24H20N2O. The van der Waals surface area contributed by atoms with Crippen LogP contribution in [0.1, 0.15) is 0 Å². The minimum Gasteiger partial charge on any atom is -0.457 e. The van der Waals surface area contributed by atoms with E-state index >= 15 is 0 Å². The normalized spacial score (nSPS) is 10.5. The molecule has 0 saturated heterocycles. The molecule has 0 spiro atoms. The van der Waals surface area contributed by atoms with E-state index in [-0.39, 0.29) is 0 Å². The van der Waals surface area contributed by atoms with Crippen LogP contribution in [-0.2, 0) is 0 Å². The Morgan fingerprint density at radius 1 is 0.370 bits per heavy atom. The quantitative estimate of drug-likeness (QED) is 0.444. The number of anilines is 2. The molecule has 3 heteroatoms. The van der Waals surface area contributed by atoms with Crippen molar-refractivity contribution in [2.75, 3.05) is 11.5 Å². The molecule has 0 aliphatic rings. The summed E-state index contributed by atoms with van der Waals surface area (Å²) in [6, 6.07) is 31.7. The fourth-order valence-electron chi connectivity index (χ4n) is 2.92. The molecule has 0 saturated carbocycles. The van der Waals surface area contributed by atoms with Gasteiger partial charge < -0.3 is 16.2 Å². The lowest BCUT2D eigenvalue weighted by atomic mass is 10.1. The van der Waals surface area contributed by atoms with Crippen molar-refractivity contribution in [3.05, 3.63) is 97.1 Å². The largest absolute Gasteiger partial charge is 0.457 e. The number of benzene rings is 4. The van der Waals surface area contributed by atoms with Gasteiger partial charge in [0.15, 0.2) is 0 Å². The van der Waals surface area contributed by atoms with Gasteiger partial charge in [-0.2, -0.15) is 0 Å². The summed E-state index contributed by atoms with van der Waals surface area (Å²) in [5.41, 5.74) is 17.5. The lowest BCUT2D eigenvalue weighted by molar-refractivity contribution is 0.483. The fourth-order valence-corrected chi connectivity index (χ4v) is 2.92. The molecule has 0 aliphatic heterocycles. The van der Waals surface area contributed by atoms with Gasteiger partial charge in [-0.05, 0) is 70.8 Å². The average Bonchev–Trinajstić information content (AvgIpc) is 2.71. The van der Waals surface area contributed by atoms with Crippen molar-refractivity contribution in [1.82, 2.24) is 0 Å². The van der Waals surface area contributed by atoms with Crippen LogP contribution >= 0.6 is 0 Å². The van der Waals surface area contributed by atoms with Gasteiger partial charge in [-0.25, -0.2) is 0 Å². The van der Waals surface area contributed by atoms with Gasteiger partial charge in [-0.3, -0.25) is 0 Å². The van der Waals surface area contributed by atoms with Crippen LogP contribution < -0.4 is 16.2 Å². The molecule has 4 aromatic rings. The zero-order chi connectivity index (χ0) is 18.6. The Labute approximate surface area is 158 Å². The first-order valence-electron chi connectivity index (χ1n) is 8.77. The Kier molecular flexibility index (Phi) is 4.50. The third-order valence-electron chi connectivity index (χ3n) is 4.43. The first-order chi connectivity index (χ1) is 13.2. The van der Waals surface area contributed by atoms with E-state index in [1.54, 1.807) is 0 Å². The van der Waals surface area contributed by atoms with E-state index in [2.05, 4.69) is 0 Å². The molecule has 0 aromatic heterocycles. The first kappa shape index (κ1) is 16.7. The maximum Gasteiger partial charge on any atom is 0.127 e. The molecular weight excluding hydrogens is 332 g/mol. The molecule has 0 bridgehead atoms. The molecule has 0 amide bonds. The van der Waals surface area contributed by atoms with Crippen LogP contribution in [0.2, 0.25) is 0 Å². The Bertz CT molecular complexity index is 933. The van der Waals surface area contributed by atoms with Crippen molar-refractivity contribution < 1.29 is 4.74 Å². The highest BCUT2D eigenvalue weighted by Gasteiger charge is 2.02. The predicted octanol–water partition coefficient (Wildman–Crippen LogP) is 5.98. The molecule has 0 aliphatic carbocycles. The van der Waals surface area contributed by atoms with Crippen LogP contribution in [0.15, 0.2) is 97.1 Å². The number of nitrogen functional groups attached to an aromatic ring is 2. The minimum atomic E-state index is 0.765. The van der Waals surface area contributed by atoms with Crippen molar-refractivity contribution in [3.63, 3.8) is 0 Å². The zero-order valence-electron chi connectivity index (χ0n) is 14.8. The van der Waals surface area contributed by atoms with E-state index in [0.29, 0.717) is 0 Å². The van der Waals surface area contributed by atoms with Gasteiger partial charge >= 0.3 is 0 Å². The molecule has 3 nitrogen and oxygen atoms in total. The highest BCUT2D eigenvalue weighted by Crippen LogP contribution is 2.28. The molecule has 27 heavy (non-hydrogen) atoms. The van der Waals surface area contributed by atoms with Crippen LogP contribution in [0.5, 0.6) is 11.5 Å². The number of ether oxygens (including phenoxy) is 1. The second-order valence-corrected chi connectivity index (χ2v) is 6.39. The lowest BCUT2D eigenvalue weighted by Gasteiger charge is -2.09. The summed E-state index contributed by atoms with van der Waals surface area (Å²) in [6.45, 7) is 0. The summed E-state index contributed by atoms with van der Waals surface area (Å²) in [4.78, 5) is 0. The Morgan fingerprint density at radius 3 is 0.926 bits per heavy atom. The smallest absolute Gasteiger partial charge is 0.127 e. The highest BCUT2D eigenvalue weighted by molar-refractivity contribution is 5.67. The standard InChI is InChI=1S/C24H20N2O/c25-21-9-1-17(2-10-21)19-5-13-23(14-6-19)27-24-15-7-20(8-16-24)18-3-11-22(26)12-4-18/h1-16H,25-26H2. The van der Waals surface area contributed by atoms with Crippen LogP contribution in [0, 0.1) is 0 Å². The maximum atomic E-state index is 5.96. The van der Waals surface area contributed by atoms with E-state index < -0.39 is 0 Å². The second-order valence-electron chi connectivity index (χ2n) is 6.39. The number of rotatable bonds is 4. The highest BCUT2D eigenvalue weighted by atomic mass is 16.5. The van der Waals surface area contributed by atoms with Crippen molar-refractivity contribution in [3.8, 4) is 33.8 Å². The molecule has 4 rings (SSSR count). The van der Waals surface area contributed by atoms with Crippen LogP contribution in [0.25, 0.3) is 22.3 Å². The first-order valence-corrected chi connectivity index (χ1v) is 8.77. The van der Waals surface area contributed by atoms with Gasteiger partial charge in [0.25, 0.3) is 0 Å². The topological polar surface area (TPSA) is 61.3 Å². The molecule has 132 valence electrons. The third-order valence-corrected chi connectivity index (χ3v) is 4.43. The zero-order valence-corrected chi connectivity index (χ0v) is 14.8. The van der Waals surface area contributed by atoms with Crippen LogP contribution in [0.4, 0.5) is 11.4 Å². The predicted molar refractivity (Wildman–Crippen MR) is 113 cm³/mol. The molecule has 4 N–H and O–H groups in total. The lowest BCUT2D eigenvalue weighted by Crippen LogP contribution is -1.87. The van der Waals surface area contributed by atoms with Crippen molar-refractivity contribution in [2.24, 2.45) is 0 Å². The van der Waals surface area contributed by atoms with Crippen molar-refractivity contribution >= 4 is 11.4 Å². The summed E-state index contributed by atoms with van der Waals surface area (Å²) in [7, 11) is 0. The minimum absolute atomic E-state index is 0.765. The molecule has 4 aromatic carbocycles. The van der Waals surface area contributed by atoms with Crippen LogP contribution in [-0.4, -0.2) is 0 Å². The summed E-state index contributed by atoms with van der Waals surface area (Å²) in [5, 5.41) is 0. The van der Waals surface area contributed by atoms with Crippen molar-refractivity contribution in [1.29, 1.82) is 0 Å². The van der Waals surface area contributed by atoms with E-state index in [1.807, 2.05) is 97.1 Å². The fraction of sp³-hybridized carbons (Fsp3) is 0. The number of hydrogen-bond donors (Lipinski definition) is 2. The summed E-state index contributed by atoms with van der Waals surface area (Å²) in [6.07, 6.45) is 0. The molecule has 0 radical (unpaired) electrons. The van der Waals surface area contributed by atoms with Gasteiger partial charge in [0.1, 0.15) is 11.5 Å². The van der Waals surface area contributed by atoms with Crippen LogP contribution in [0.3, 0.4) is 0 Å². The SMILES string of the molecule is Nc1ccc(-c2ccc(Oc3ccc(-c4ccc(N)cc4)cc3)cc2)cc1. The maximum absolute atomic E-state index is 5.96. The second kappa shape index (κ2) is 7.26. The van der Waals surface area contributed by atoms with Gasteiger partial charge in [0.2, 0.25) is 0 Å². The molecule has 0 heterocycles. The average molecular weight is 352 g/mol. The van der Waals surface area contributed by atoms with Gasteiger partial charge in [0, 0.05) is 11.4 Å². The van der Waals surface area contributed by atoms with E-state index in [9.17, 15) is 0 Å². The van der Waals surface area contributed by atoms with Gasteiger partial charge in [-0.15, -0.1) is 0 Å². The molecule has 0 atom stereocenters. The number of hydrogen-bond acceptors (Lipinski definition) is 3. The molecule has 0 fully saturated rings. The van der Waals surface area contributed by atoms with Crippen molar-refractivity contribution in [2.45, 2.75) is 0 Å². The Morgan fingerprint density at radius 2 is 0.630 bits per heavy atom. The van der Waals surface area contributed by atoms with E-state index in [0.717, 1.165) is 45.1 Å². The number of nitrogens with two attached hydrogens (primary N) is 2. The molecule has 0 unspecified atom stereocenters. The van der Waals surface area contributed by atoms with E-state index in [1.165, 1.54) is 0 Å². The summed E-state index contributed by atoms with van der Waals surface area (Å²) < 4.78 is 5.96. The summed E-state index contributed by atoms with van der Waals surface area (Å²) >= 11 is 0. The Hall–Kier alpha value is -3.72. The van der Waals surface area contributed by atoms with E-state index in [4.69, 9.17) is 16.2 Å². The third kappa shape index (κ3) is 3.93. The monoisotopic (exact) mass is 352 g/mol.